The van der Waals surface area contributed by atoms with Crippen molar-refractivity contribution >= 4 is 28.7 Å². The van der Waals surface area contributed by atoms with Gasteiger partial charge in [-0.05, 0) is 0 Å². The summed E-state index contributed by atoms with van der Waals surface area (Å²) in [5.74, 6) is -0.314. The van der Waals surface area contributed by atoms with Gasteiger partial charge in [-0.25, -0.2) is 15.0 Å². The molecule has 2 aromatic rings. The topological polar surface area (TPSA) is 140 Å². The van der Waals surface area contributed by atoms with Crippen LogP contribution in [0.15, 0.2) is 11.5 Å². The smallest absolute Gasteiger partial charge is 0.389 e. The second-order valence-electron chi connectivity index (χ2n) is 5.66. The van der Waals surface area contributed by atoms with Crippen molar-refractivity contribution in [3.05, 3.63) is 6.33 Å². The maximum absolute atomic E-state index is 12.3. The Bertz CT molecular complexity index is 789. The van der Waals surface area contributed by atoms with E-state index in [9.17, 15) is 28.5 Å². The quantitative estimate of drug-likeness (QED) is 0.409. The van der Waals surface area contributed by atoms with E-state index in [2.05, 4.69) is 15.0 Å². The Balaban J connectivity index is 1.88. The van der Waals surface area contributed by atoms with E-state index in [-0.39, 0.29) is 27.9 Å². The maximum Gasteiger partial charge on any atom is 0.389 e. The number of aromatic nitrogens is 4. The molecule has 5 N–H and O–H groups in total. The summed E-state index contributed by atoms with van der Waals surface area (Å²) in [4.78, 5) is 12.1. The highest BCUT2D eigenvalue weighted by Gasteiger charge is 2.44. The number of hydrogen-bond donors (Lipinski definition) is 4. The highest BCUT2D eigenvalue weighted by Crippen LogP contribution is 2.33. The predicted octanol–water partition coefficient (Wildman–Crippen LogP) is 0.0645. The van der Waals surface area contributed by atoms with Crippen molar-refractivity contribution in [2.75, 3.05) is 18.1 Å². The van der Waals surface area contributed by atoms with Crippen molar-refractivity contribution in [1.82, 2.24) is 19.5 Å². The summed E-state index contributed by atoms with van der Waals surface area (Å²) in [7, 11) is 0. The number of ether oxygens (including phenoxy) is 1. The average Bonchev–Trinajstić information content (AvgIpc) is 3.09. The van der Waals surface area contributed by atoms with Gasteiger partial charge in [0, 0.05) is 5.75 Å². The SMILES string of the molecule is Nc1nc(SCCC(F)(F)F)nc2c1ncn2[C@@H]1O[C@H](CO)C(O)C1O. The van der Waals surface area contributed by atoms with Gasteiger partial charge in [0.2, 0.25) is 0 Å². The van der Waals surface area contributed by atoms with Gasteiger partial charge in [-0.2, -0.15) is 13.2 Å². The molecule has 144 valence electrons. The lowest BCUT2D eigenvalue weighted by atomic mass is 10.1. The van der Waals surface area contributed by atoms with Gasteiger partial charge in [0.15, 0.2) is 22.8 Å². The molecular formula is C13H16F3N5O4S. The first kappa shape index (κ1) is 19.1. The third-order valence-corrected chi connectivity index (χ3v) is 4.68. The Labute approximate surface area is 149 Å². The van der Waals surface area contributed by atoms with E-state index in [4.69, 9.17) is 10.5 Å². The minimum Gasteiger partial charge on any atom is -0.394 e. The molecular weight excluding hydrogens is 379 g/mol. The predicted molar refractivity (Wildman–Crippen MR) is 84.1 cm³/mol. The molecule has 1 aliphatic rings. The van der Waals surface area contributed by atoms with Gasteiger partial charge in [-0.3, -0.25) is 4.57 Å². The number of aliphatic hydroxyl groups excluding tert-OH is 3. The molecule has 9 nitrogen and oxygen atoms in total. The molecule has 1 saturated heterocycles. The number of fused-ring (bicyclic) bond motifs is 1. The van der Waals surface area contributed by atoms with Crippen LogP contribution in [0.4, 0.5) is 19.0 Å². The van der Waals surface area contributed by atoms with Gasteiger partial charge in [-0.15, -0.1) is 0 Å². The molecule has 1 aliphatic heterocycles. The Morgan fingerprint density at radius 1 is 1.27 bits per heavy atom. The zero-order valence-corrected chi connectivity index (χ0v) is 14.0. The van der Waals surface area contributed by atoms with Crippen molar-refractivity contribution in [3.8, 4) is 0 Å². The number of nitrogen functional groups attached to an aromatic ring is 1. The van der Waals surface area contributed by atoms with Crippen LogP contribution in [0, 0.1) is 0 Å². The average molecular weight is 395 g/mol. The lowest BCUT2D eigenvalue weighted by molar-refractivity contribution is -0.129. The molecule has 0 aromatic carbocycles. The third kappa shape index (κ3) is 3.71. The summed E-state index contributed by atoms with van der Waals surface area (Å²) in [5.41, 5.74) is 6.11. The van der Waals surface area contributed by atoms with Crippen LogP contribution in [0.25, 0.3) is 11.2 Å². The number of hydrogen-bond acceptors (Lipinski definition) is 9. The standard InChI is InChI=1S/C13H16F3N5O4S/c14-13(15,16)1-2-26-12-19-9(17)6-10(20-12)21(4-18-6)11-8(24)7(23)5(3-22)25-11/h4-5,7-8,11,22-24H,1-3H2,(H2,17,19,20)/t5-,7?,8?,11-/m1/s1. The fourth-order valence-electron chi connectivity index (χ4n) is 2.54. The molecule has 0 saturated carbocycles. The Morgan fingerprint density at radius 2 is 2.00 bits per heavy atom. The highest BCUT2D eigenvalue weighted by molar-refractivity contribution is 7.99. The van der Waals surface area contributed by atoms with E-state index in [0.29, 0.717) is 0 Å². The number of thioether (sulfide) groups is 1. The Kier molecular flexibility index (Phi) is 5.25. The molecule has 0 radical (unpaired) electrons. The molecule has 0 amide bonds. The summed E-state index contributed by atoms with van der Waals surface area (Å²) in [6, 6.07) is 0. The summed E-state index contributed by atoms with van der Waals surface area (Å²) >= 11 is 0.781. The first-order valence-electron chi connectivity index (χ1n) is 7.53. The van der Waals surface area contributed by atoms with E-state index >= 15 is 0 Å². The van der Waals surface area contributed by atoms with Gasteiger partial charge >= 0.3 is 6.18 Å². The van der Waals surface area contributed by atoms with Crippen molar-refractivity contribution in [3.63, 3.8) is 0 Å². The van der Waals surface area contributed by atoms with Crippen LogP contribution in [0.2, 0.25) is 0 Å². The van der Waals surface area contributed by atoms with E-state index in [0.717, 1.165) is 11.8 Å². The lowest BCUT2D eigenvalue weighted by Crippen LogP contribution is -2.33. The Hall–Kier alpha value is -1.67. The summed E-state index contributed by atoms with van der Waals surface area (Å²) < 4.78 is 43.5. The van der Waals surface area contributed by atoms with Gasteiger partial charge < -0.3 is 25.8 Å². The van der Waals surface area contributed by atoms with E-state index in [1.54, 1.807) is 0 Å². The normalized spacial score (nSPS) is 26.7. The molecule has 26 heavy (non-hydrogen) atoms. The molecule has 0 aliphatic carbocycles. The number of aliphatic hydroxyl groups is 3. The highest BCUT2D eigenvalue weighted by atomic mass is 32.2. The van der Waals surface area contributed by atoms with Crippen LogP contribution in [0.3, 0.4) is 0 Å². The molecule has 2 unspecified atom stereocenters. The van der Waals surface area contributed by atoms with Crippen molar-refractivity contribution in [2.24, 2.45) is 0 Å². The molecule has 3 rings (SSSR count). The minimum absolute atomic E-state index is 0.0211. The third-order valence-electron chi connectivity index (χ3n) is 3.84. The van der Waals surface area contributed by atoms with Gasteiger partial charge in [0.1, 0.15) is 23.8 Å². The van der Waals surface area contributed by atoms with Crippen LogP contribution >= 0.6 is 11.8 Å². The van der Waals surface area contributed by atoms with E-state index in [1.807, 2.05) is 0 Å². The van der Waals surface area contributed by atoms with Crippen molar-refractivity contribution < 1.29 is 33.2 Å². The van der Waals surface area contributed by atoms with Crippen LogP contribution in [0.1, 0.15) is 12.6 Å². The van der Waals surface area contributed by atoms with Gasteiger partial charge in [-0.1, -0.05) is 11.8 Å². The number of alkyl halides is 3. The van der Waals surface area contributed by atoms with E-state index < -0.39 is 43.7 Å². The molecule has 0 bridgehead atoms. The number of halogens is 3. The molecule has 13 heteroatoms. The number of nitrogens with zero attached hydrogens (tertiary/aromatic N) is 4. The van der Waals surface area contributed by atoms with Crippen LogP contribution in [0.5, 0.6) is 0 Å². The molecule has 3 heterocycles. The Morgan fingerprint density at radius 3 is 2.62 bits per heavy atom. The monoisotopic (exact) mass is 395 g/mol. The first-order chi connectivity index (χ1) is 12.2. The molecule has 4 atom stereocenters. The lowest BCUT2D eigenvalue weighted by Gasteiger charge is -2.16. The minimum atomic E-state index is -4.29. The van der Waals surface area contributed by atoms with Gasteiger partial charge in [0.05, 0.1) is 19.4 Å². The summed E-state index contributed by atoms with van der Waals surface area (Å²) in [6.07, 6.45) is -8.79. The molecule has 2 aromatic heterocycles. The van der Waals surface area contributed by atoms with Crippen LogP contribution in [-0.2, 0) is 4.74 Å². The zero-order chi connectivity index (χ0) is 19.1. The number of anilines is 1. The van der Waals surface area contributed by atoms with Gasteiger partial charge in [0.25, 0.3) is 0 Å². The van der Waals surface area contributed by atoms with Crippen molar-refractivity contribution in [1.29, 1.82) is 0 Å². The first-order valence-corrected chi connectivity index (χ1v) is 8.52. The molecule has 0 spiro atoms. The fourth-order valence-corrected chi connectivity index (χ4v) is 3.37. The zero-order valence-electron chi connectivity index (χ0n) is 13.2. The van der Waals surface area contributed by atoms with E-state index in [1.165, 1.54) is 10.9 Å². The second kappa shape index (κ2) is 7.15. The second-order valence-corrected chi connectivity index (χ2v) is 6.72. The van der Waals surface area contributed by atoms with Crippen LogP contribution < -0.4 is 5.73 Å². The number of nitrogens with two attached hydrogens (primary N) is 1. The molecule has 1 fully saturated rings. The summed E-state index contributed by atoms with van der Waals surface area (Å²) in [5, 5.41) is 29.2. The van der Waals surface area contributed by atoms with Crippen molar-refractivity contribution in [2.45, 2.75) is 42.3 Å². The van der Waals surface area contributed by atoms with Crippen LogP contribution in [-0.4, -0.2) is 71.7 Å². The number of imidazole rings is 1. The largest absolute Gasteiger partial charge is 0.394 e. The maximum atomic E-state index is 12.3. The number of rotatable bonds is 5. The fraction of sp³-hybridized carbons (Fsp3) is 0.615. The summed E-state index contributed by atoms with van der Waals surface area (Å²) in [6.45, 7) is -0.503.